The van der Waals surface area contributed by atoms with E-state index in [0.29, 0.717) is 6.54 Å². The van der Waals surface area contributed by atoms with Crippen molar-refractivity contribution in [1.82, 2.24) is 0 Å². The Morgan fingerprint density at radius 2 is 2.00 bits per heavy atom. The molecular formula is C9H13ClF3N. The molecule has 0 spiro atoms. The topological polar surface area (TPSA) is 26.0 Å². The van der Waals surface area contributed by atoms with Crippen LogP contribution in [-0.4, -0.2) is 12.7 Å². The third kappa shape index (κ3) is 2.06. The van der Waals surface area contributed by atoms with Crippen molar-refractivity contribution in [2.24, 2.45) is 23.0 Å². The summed E-state index contributed by atoms with van der Waals surface area (Å²) >= 11 is 5.14. The third-order valence-corrected chi connectivity index (χ3v) is 3.33. The average molecular weight is 228 g/mol. The van der Waals surface area contributed by atoms with E-state index in [2.05, 4.69) is 0 Å². The molecule has 0 amide bonds. The Labute approximate surface area is 86.1 Å². The zero-order valence-corrected chi connectivity index (χ0v) is 8.78. The first-order valence-electron chi connectivity index (χ1n) is 4.36. The van der Waals surface area contributed by atoms with Gasteiger partial charge in [0.1, 0.15) is 5.03 Å². The Balaban J connectivity index is 2.72. The van der Waals surface area contributed by atoms with E-state index in [1.807, 2.05) is 13.8 Å². The molecule has 0 heterocycles. The summed E-state index contributed by atoms with van der Waals surface area (Å²) in [5.74, 6) is -0.0415. The van der Waals surface area contributed by atoms with Gasteiger partial charge in [0.15, 0.2) is 0 Å². The fourth-order valence-electron chi connectivity index (χ4n) is 1.82. The van der Waals surface area contributed by atoms with Crippen molar-refractivity contribution >= 4 is 11.6 Å². The van der Waals surface area contributed by atoms with Crippen molar-refractivity contribution in [2.45, 2.75) is 20.0 Å². The normalized spacial score (nSPS) is 31.8. The maximum atomic E-state index is 12.1. The van der Waals surface area contributed by atoms with Gasteiger partial charge >= 0.3 is 6.18 Å². The molecule has 1 aliphatic rings. The molecule has 2 N–H and O–H groups in total. The molecule has 0 aromatic carbocycles. The zero-order valence-electron chi connectivity index (χ0n) is 8.03. The van der Waals surface area contributed by atoms with Gasteiger partial charge in [-0.1, -0.05) is 31.5 Å². The second kappa shape index (κ2) is 3.42. The predicted octanol–water partition coefficient (Wildman–Crippen LogP) is 2.90. The highest BCUT2D eigenvalue weighted by atomic mass is 35.5. The van der Waals surface area contributed by atoms with E-state index in [-0.39, 0.29) is 17.3 Å². The molecule has 0 aliphatic heterocycles. The molecule has 5 heteroatoms. The van der Waals surface area contributed by atoms with Crippen LogP contribution in [0, 0.1) is 17.3 Å². The molecule has 1 saturated carbocycles. The molecule has 0 aromatic heterocycles. The smallest absolute Gasteiger partial charge is 0.330 e. The fourth-order valence-corrected chi connectivity index (χ4v) is 1.96. The Morgan fingerprint density at radius 1 is 1.50 bits per heavy atom. The zero-order chi connectivity index (χ0) is 11.1. The van der Waals surface area contributed by atoms with Crippen molar-refractivity contribution in [3.05, 3.63) is 11.1 Å². The van der Waals surface area contributed by atoms with Crippen LogP contribution < -0.4 is 5.73 Å². The summed E-state index contributed by atoms with van der Waals surface area (Å²) in [6.45, 7) is 4.19. The van der Waals surface area contributed by atoms with Gasteiger partial charge in [0.05, 0.1) is 0 Å². The molecule has 14 heavy (non-hydrogen) atoms. The maximum Gasteiger partial charge on any atom is 0.426 e. The van der Waals surface area contributed by atoms with E-state index in [1.54, 1.807) is 0 Å². The molecule has 0 aromatic rings. The van der Waals surface area contributed by atoms with Gasteiger partial charge in [-0.05, 0) is 23.8 Å². The highest BCUT2D eigenvalue weighted by molar-refractivity contribution is 6.30. The lowest BCUT2D eigenvalue weighted by Crippen LogP contribution is -2.08. The van der Waals surface area contributed by atoms with Crippen molar-refractivity contribution < 1.29 is 13.2 Å². The maximum absolute atomic E-state index is 12.1. The van der Waals surface area contributed by atoms with Crippen LogP contribution in [0.15, 0.2) is 11.1 Å². The van der Waals surface area contributed by atoms with Crippen LogP contribution in [0.25, 0.3) is 0 Å². The average Bonchev–Trinajstić information content (AvgIpc) is 2.51. The molecule has 82 valence electrons. The monoisotopic (exact) mass is 227 g/mol. The first-order valence-corrected chi connectivity index (χ1v) is 4.73. The van der Waals surface area contributed by atoms with Gasteiger partial charge in [0.2, 0.25) is 0 Å². The van der Waals surface area contributed by atoms with Gasteiger partial charge in [-0.25, -0.2) is 0 Å². The molecule has 1 fully saturated rings. The lowest BCUT2D eigenvalue weighted by molar-refractivity contribution is -0.0848. The third-order valence-electron chi connectivity index (χ3n) is 2.99. The molecule has 2 atom stereocenters. The van der Waals surface area contributed by atoms with Gasteiger partial charge in [0, 0.05) is 0 Å². The summed E-state index contributed by atoms with van der Waals surface area (Å²) in [6, 6.07) is 0. The van der Waals surface area contributed by atoms with Crippen molar-refractivity contribution in [3.8, 4) is 0 Å². The minimum Gasteiger partial charge on any atom is -0.330 e. The molecule has 1 aliphatic carbocycles. The Bertz CT molecular complexity index is 257. The molecule has 0 bridgehead atoms. The standard InChI is InChI=1S/C9H13ClF3N/c1-8(2)5(6(8)4-14)3-7(10)9(11,12)13/h3,5-6H,4,14H2,1-2H3/b7-3-/t5-,6+/m0/s1. The number of hydrogen-bond donors (Lipinski definition) is 1. The van der Waals surface area contributed by atoms with Crippen LogP contribution >= 0.6 is 11.6 Å². The van der Waals surface area contributed by atoms with Crippen molar-refractivity contribution in [3.63, 3.8) is 0 Å². The quantitative estimate of drug-likeness (QED) is 0.771. The Morgan fingerprint density at radius 3 is 2.29 bits per heavy atom. The largest absolute Gasteiger partial charge is 0.426 e. The van der Waals surface area contributed by atoms with E-state index in [4.69, 9.17) is 17.3 Å². The van der Waals surface area contributed by atoms with Crippen LogP contribution in [0.5, 0.6) is 0 Å². The van der Waals surface area contributed by atoms with E-state index in [1.165, 1.54) is 0 Å². The SMILES string of the molecule is CC1(C)[C@H](CN)[C@@H]1/C=C(\Cl)C(F)(F)F. The van der Waals surface area contributed by atoms with Crippen LogP contribution in [0.1, 0.15) is 13.8 Å². The first kappa shape index (κ1) is 11.9. The summed E-state index contributed by atoms with van der Waals surface area (Å²) in [5.41, 5.74) is 5.28. The molecule has 0 unspecified atom stereocenters. The van der Waals surface area contributed by atoms with Gasteiger partial charge < -0.3 is 5.73 Å². The summed E-state index contributed by atoms with van der Waals surface area (Å²) in [5, 5.41) is -1.04. The highest BCUT2D eigenvalue weighted by Crippen LogP contribution is 2.59. The lowest BCUT2D eigenvalue weighted by atomic mass is 10.1. The number of nitrogens with two attached hydrogens (primary N) is 1. The van der Waals surface area contributed by atoms with Gasteiger partial charge in [-0.3, -0.25) is 0 Å². The van der Waals surface area contributed by atoms with Gasteiger partial charge in [-0.2, -0.15) is 13.2 Å². The number of allylic oxidation sites excluding steroid dienone is 2. The fraction of sp³-hybridized carbons (Fsp3) is 0.778. The number of rotatable bonds is 2. The van der Waals surface area contributed by atoms with Crippen LogP contribution in [-0.2, 0) is 0 Å². The lowest BCUT2D eigenvalue weighted by Gasteiger charge is -2.04. The van der Waals surface area contributed by atoms with E-state index < -0.39 is 11.2 Å². The number of hydrogen-bond acceptors (Lipinski definition) is 1. The first-order chi connectivity index (χ1) is 6.21. The van der Waals surface area contributed by atoms with E-state index >= 15 is 0 Å². The minimum absolute atomic E-state index is 0.110. The van der Waals surface area contributed by atoms with Crippen molar-refractivity contribution in [2.75, 3.05) is 6.54 Å². The minimum atomic E-state index is -4.43. The molecule has 1 nitrogen and oxygen atoms in total. The molecular weight excluding hydrogens is 215 g/mol. The van der Waals surface area contributed by atoms with Crippen molar-refractivity contribution in [1.29, 1.82) is 0 Å². The Kier molecular flexibility index (Phi) is 2.89. The number of halogens is 4. The van der Waals surface area contributed by atoms with Crippen LogP contribution in [0.4, 0.5) is 13.2 Å². The summed E-state index contributed by atoms with van der Waals surface area (Å²) < 4.78 is 36.3. The molecule has 1 rings (SSSR count). The van der Waals surface area contributed by atoms with E-state index in [9.17, 15) is 13.2 Å². The second-order valence-electron chi connectivity index (χ2n) is 4.20. The summed E-state index contributed by atoms with van der Waals surface area (Å²) in [7, 11) is 0. The highest BCUT2D eigenvalue weighted by Gasteiger charge is 2.56. The summed E-state index contributed by atoms with van der Waals surface area (Å²) in [4.78, 5) is 0. The van der Waals surface area contributed by atoms with Gasteiger partial charge in [0.25, 0.3) is 0 Å². The van der Waals surface area contributed by atoms with Gasteiger partial charge in [-0.15, -0.1) is 0 Å². The Hall–Kier alpha value is -0.220. The second-order valence-corrected chi connectivity index (χ2v) is 4.61. The van der Waals surface area contributed by atoms with Crippen LogP contribution in [0.3, 0.4) is 0 Å². The molecule has 0 radical (unpaired) electrons. The van der Waals surface area contributed by atoms with E-state index in [0.717, 1.165) is 6.08 Å². The summed E-state index contributed by atoms with van der Waals surface area (Å²) in [6.07, 6.45) is -3.35. The number of alkyl halides is 3. The predicted molar refractivity (Wildman–Crippen MR) is 49.8 cm³/mol. The van der Waals surface area contributed by atoms with Crippen LogP contribution in [0.2, 0.25) is 0 Å². The molecule has 0 saturated heterocycles.